The van der Waals surface area contributed by atoms with Gasteiger partial charge in [-0.3, -0.25) is 4.79 Å². The van der Waals surface area contributed by atoms with E-state index in [0.717, 1.165) is 12.0 Å². The SMILES string of the molecule is Cc1cccc(OC2=COC3CC(OC(C)C(=O)OCCC(C)C)CCC3C2=O)c1. The van der Waals surface area contributed by atoms with Crippen LogP contribution in [0.2, 0.25) is 0 Å². The van der Waals surface area contributed by atoms with Gasteiger partial charge in [-0.25, -0.2) is 4.79 Å². The van der Waals surface area contributed by atoms with E-state index in [1.54, 1.807) is 6.92 Å². The van der Waals surface area contributed by atoms with Crippen molar-refractivity contribution < 1.29 is 28.5 Å². The zero-order valence-electron chi connectivity index (χ0n) is 18.3. The van der Waals surface area contributed by atoms with Crippen molar-refractivity contribution >= 4 is 11.8 Å². The van der Waals surface area contributed by atoms with E-state index in [0.29, 0.717) is 37.5 Å². The molecule has 1 aliphatic carbocycles. The van der Waals surface area contributed by atoms with E-state index in [1.165, 1.54) is 6.26 Å². The molecule has 0 spiro atoms. The van der Waals surface area contributed by atoms with E-state index in [1.807, 2.05) is 31.2 Å². The molecule has 1 heterocycles. The average Bonchev–Trinajstić information content (AvgIpc) is 2.70. The fourth-order valence-electron chi connectivity index (χ4n) is 3.79. The number of carbonyl (C=O) groups excluding carboxylic acids is 2. The van der Waals surface area contributed by atoms with E-state index < -0.39 is 6.10 Å². The highest BCUT2D eigenvalue weighted by Gasteiger charge is 2.42. The quantitative estimate of drug-likeness (QED) is 0.587. The second-order valence-electron chi connectivity index (χ2n) is 8.61. The zero-order valence-corrected chi connectivity index (χ0v) is 18.3. The fraction of sp³-hybridized carbons (Fsp3) is 0.583. The Kier molecular flexibility index (Phi) is 7.53. The van der Waals surface area contributed by atoms with Gasteiger partial charge in [0.25, 0.3) is 0 Å². The molecule has 3 rings (SSSR count). The highest BCUT2D eigenvalue weighted by Crippen LogP contribution is 2.35. The smallest absolute Gasteiger partial charge is 0.334 e. The lowest BCUT2D eigenvalue weighted by Gasteiger charge is -2.37. The Morgan fingerprint density at radius 1 is 1.23 bits per heavy atom. The van der Waals surface area contributed by atoms with Gasteiger partial charge in [-0.05, 0) is 56.7 Å². The lowest BCUT2D eigenvalue weighted by Crippen LogP contribution is -2.43. The number of allylic oxidation sites excluding steroid dienone is 1. The van der Waals surface area contributed by atoms with Crippen molar-refractivity contribution in [3.8, 4) is 5.75 Å². The van der Waals surface area contributed by atoms with E-state index in [4.69, 9.17) is 18.9 Å². The Balaban J connectivity index is 1.51. The number of ether oxygens (including phenoxy) is 4. The van der Waals surface area contributed by atoms with Crippen molar-refractivity contribution in [1.29, 1.82) is 0 Å². The maximum Gasteiger partial charge on any atom is 0.334 e. The molecule has 0 bridgehead atoms. The summed E-state index contributed by atoms with van der Waals surface area (Å²) in [4.78, 5) is 25.0. The predicted molar refractivity (Wildman–Crippen MR) is 112 cm³/mol. The van der Waals surface area contributed by atoms with Crippen LogP contribution in [0.25, 0.3) is 0 Å². The summed E-state index contributed by atoms with van der Waals surface area (Å²) in [5.41, 5.74) is 1.06. The van der Waals surface area contributed by atoms with E-state index in [2.05, 4.69) is 13.8 Å². The highest BCUT2D eigenvalue weighted by molar-refractivity contribution is 5.96. The van der Waals surface area contributed by atoms with Crippen LogP contribution in [0.15, 0.2) is 36.3 Å². The van der Waals surface area contributed by atoms with Crippen LogP contribution in [0.4, 0.5) is 0 Å². The van der Waals surface area contributed by atoms with E-state index in [9.17, 15) is 9.59 Å². The number of fused-ring (bicyclic) bond motifs is 1. The largest absolute Gasteiger partial charge is 0.493 e. The summed E-state index contributed by atoms with van der Waals surface area (Å²) >= 11 is 0. The van der Waals surface area contributed by atoms with Gasteiger partial charge in [0.1, 0.15) is 18.1 Å². The second kappa shape index (κ2) is 10.1. The van der Waals surface area contributed by atoms with Gasteiger partial charge >= 0.3 is 5.97 Å². The molecule has 0 amide bonds. The number of Topliss-reactive ketones (excluding diaryl/α,β-unsaturated/α-hetero) is 1. The van der Waals surface area contributed by atoms with Crippen LogP contribution < -0.4 is 4.74 Å². The van der Waals surface area contributed by atoms with Crippen molar-refractivity contribution in [2.24, 2.45) is 11.8 Å². The molecule has 4 unspecified atom stereocenters. The van der Waals surface area contributed by atoms with E-state index >= 15 is 0 Å². The van der Waals surface area contributed by atoms with Gasteiger partial charge in [-0.15, -0.1) is 0 Å². The molecule has 6 heteroatoms. The molecule has 1 fully saturated rings. The van der Waals surface area contributed by atoms with Crippen molar-refractivity contribution in [1.82, 2.24) is 0 Å². The number of hydrogen-bond donors (Lipinski definition) is 0. The molecule has 2 aliphatic rings. The Morgan fingerprint density at radius 2 is 2.03 bits per heavy atom. The van der Waals surface area contributed by atoms with Gasteiger partial charge in [0.15, 0.2) is 6.10 Å². The molecular formula is C24H32O6. The zero-order chi connectivity index (χ0) is 21.7. The Morgan fingerprint density at radius 3 is 2.77 bits per heavy atom. The highest BCUT2D eigenvalue weighted by atomic mass is 16.6. The van der Waals surface area contributed by atoms with Crippen molar-refractivity contribution in [3.05, 3.63) is 41.9 Å². The van der Waals surface area contributed by atoms with Gasteiger partial charge in [0, 0.05) is 6.42 Å². The number of carbonyl (C=O) groups is 2. The minimum atomic E-state index is -0.631. The lowest BCUT2D eigenvalue weighted by molar-refractivity contribution is -0.164. The predicted octanol–water partition coefficient (Wildman–Crippen LogP) is 4.35. The molecule has 0 saturated heterocycles. The monoisotopic (exact) mass is 416 g/mol. The summed E-state index contributed by atoms with van der Waals surface area (Å²) < 4.78 is 22.8. The molecule has 1 aromatic carbocycles. The first kappa shape index (κ1) is 22.3. The minimum absolute atomic E-state index is 0.0349. The number of esters is 1. The number of hydrogen-bond acceptors (Lipinski definition) is 6. The molecule has 4 atom stereocenters. The van der Waals surface area contributed by atoms with Crippen LogP contribution in [-0.2, 0) is 23.8 Å². The normalized spacial score (nSPS) is 24.5. The molecule has 0 N–H and O–H groups in total. The molecule has 1 saturated carbocycles. The van der Waals surface area contributed by atoms with Crippen LogP contribution in [0.5, 0.6) is 5.75 Å². The third-order valence-electron chi connectivity index (χ3n) is 5.56. The van der Waals surface area contributed by atoms with Crippen LogP contribution in [0.3, 0.4) is 0 Å². The lowest BCUT2D eigenvalue weighted by atomic mass is 9.80. The van der Waals surface area contributed by atoms with Gasteiger partial charge in [-0.1, -0.05) is 26.0 Å². The summed E-state index contributed by atoms with van der Waals surface area (Å²) in [5.74, 6) is 0.724. The van der Waals surface area contributed by atoms with Crippen LogP contribution in [-0.4, -0.2) is 36.7 Å². The Bertz CT molecular complexity index is 784. The maximum atomic E-state index is 12.9. The average molecular weight is 417 g/mol. The molecular weight excluding hydrogens is 384 g/mol. The molecule has 6 nitrogen and oxygen atoms in total. The summed E-state index contributed by atoms with van der Waals surface area (Å²) in [6, 6.07) is 7.56. The van der Waals surface area contributed by atoms with Crippen molar-refractivity contribution in [3.63, 3.8) is 0 Å². The summed E-state index contributed by atoms with van der Waals surface area (Å²) in [5, 5.41) is 0. The number of ketones is 1. The molecule has 1 aliphatic heterocycles. The number of rotatable bonds is 8. The van der Waals surface area contributed by atoms with Gasteiger partial charge in [0.05, 0.1) is 18.6 Å². The minimum Gasteiger partial charge on any atom is -0.493 e. The Labute approximate surface area is 178 Å². The van der Waals surface area contributed by atoms with Gasteiger partial charge in [-0.2, -0.15) is 0 Å². The van der Waals surface area contributed by atoms with Crippen LogP contribution in [0.1, 0.15) is 52.0 Å². The van der Waals surface area contributed by atoms with Crippen LogP contribution in [0, 0.1) is 18.8 Å². The van der Waals surface area contributed by atoms with Crippen LogP contribution >= 0.6 is 0 Å². The molecule has 30 heavy (non-hydrogen) atoms. The molecule has 0 aromatic heterocycles. The maximum absolute atomic E-state index is 12.9. The first-order valence-electron chi connectivity index (χ1n) is 10.8. The summed E-state index contributed by atoms with van der Waals surface area (Å²) in [6.45, 7) is 8.27. The van der Waals surface area contributed by atoms with Gasteiger partial charge in [0.2, 0.25) is 11.5 Å². The topological polar surface area (TPSA) is 71.1 Å². The third-order valence-corrected chi connectivity index (χ3v) is 5.56. The molecule has 1 aromatic rings. The van der Waals surface area contributed by atoms with Gasteiger partial charge < -0.3 is 18.9 Å². The second-order valence-corrected chi connectivity index (χ2v) is 8.61. The standard InChI is InChI=1S/C24H32O6/c1-15(2)10-11-27-24(26)17(4)29-19-8-9-20-21(13-19)28-14-22(23(20)25)30-18-7-5-6-16(3)12-18/h5-7,12,14-15,17,19-21H,8-11,13H2,1-4H3. The third kappa shape index (κ3) is 5.85. The van der Waals surface area contributed by atoms with Crippen molar-refractivity contribution in [2.75, 3.05) is 6.61 Å². The molecule has 164 valence electrons. The fourth-order valence-corrected chi connectivity index (χ4v) is 3.79. The molecule has 0 radical (unpaired) electrons. The van der Waals surface area contributed by atoms with E-state index in [-0.39, 0.29) is 35.6 Å². The number of aryl methyl sites for hydroxylation is 1. The number of benzene rings is 1. The first-order chi connectivity index (χ1) is 14.3. The summed E-state index contributed by atoms with van der Waals surface area (Å²) in [6.07, 6.45) is 3.11. The first-order valence-corrected chi connectivity index (χ1v) is 10.8. The Hall–Kier alpha value is -2.34. The van der Waals surface area contributed by atoms with Crippen molar-refractivity contribution in [2.45, 2.75) is 71.7 Å². The summed E-state index contributed by atoms with van der Waals surface area (Å²) in [7, 11) is 0.